The number of aryl methyl sites for hydroxylation is 1. The van der Waals surface area contributed by atoms with Gasteiger partial charge in [-0.1, -0.05) is 17.7 Å². The van der Waals surface area contributed by atoms with Crippen LogP contribution in [-0.2, 0) is 0 Å². The summed E-state index contributed by atoms with van der Waals surface area (Å²) in [5, 5.41) is 10.4. The highest BCUT2D eigenvalue weighted by atomic mass is 16.5. The summed E-state index contributed by atoms with van der Waals surface area (Å²) >= 11 is 0. The number of ether oxygens (including phenoxy) is 1. The van der Waals surface area contributed by atoms with Gasteiger partial charge in [-0.15, -0.1) is 0 Å². The van der Waals surface area contributed by atoms with E-state index in [4.69, 9.17) is 4.74 Å². The van der Waals surface area contributed by atoms with Crippen LogP contribution in [0.3, 0.4) is 0 Å². The summed E-state index contributed by atoms with van der Waals surface area (Å²) < 4.78 is 5.76. The molecule has 1 aliphatic heterocycles. The smallest absolute Gasteiger partial charge is 0.119 e. The van der Waals surface area contributed by atoms with Gasteiger partial charge >= 0.3 is 0 Å². The molecule has 5 fully saturated rings. The van der Waals surface area contributed by atoms with Gasteiger partial charge in [-0.05, 0) is 75.3 Å². The number of rotatable bonds is 6. The van der Waals surface area contributed by atoms with Gasteiger partial charge in [0.1, 0.15) is 18.5 Å². The first-order valence-electron chi connectivity index (χ1n) is 11.4. The zero-order valence-electron chi connectivity index (χ0n) is 17.4. The monoisotopic (exact) mass is 384 g/mol. The second-order valence-corrected chi connectivity index (χ2v) is 10.2. The molecule has 0 amide bonds. The van der Waals surface area contributed by atoms with Crippen LogP contribution in [0.5, 0.6) is 5.75 Å². The summed E-state index contributed by atoms with van der Waals surface area (Å²) in [4.78, 5) is 5.28. The van der Waals surface area contributed by atoms with Crippen molar-refractivity contribution in [1.29, 1.82) is 0 Å². The number of β-amino-alcohol motifs (C(OH)–C–C–N with tert-alkyl or cyclic N) is 1. The molecular formula is C24H36N2O2. The van der Waals surface area contributed by atoms with Crippen LogP contribution in [-0.4, -0.2) is 65.9 Å². The quantitative estimate of drug-likeness (QED) is 0.816. The van der Waals surface area contributed by atoms with Crippen molar-refractivity contribution in [3.05, 3.63) is 29.8 Å². The van der Waals surface area contributed by atoms with E-state index >= 15 is 0 Å². The zero-order chi connectivity index (χ0) is 19.1. The standard InChI is InChI=1S/C24H36N2O2/c1-18-2-4-23(5-3-18)28-17-22(27)16-25-6-8-26(9-7-25)24-13-19-10-20(14-24)12-21(11-19)15-24/h2-5,19-22,27H,6-17H2,1H3. The van der Waals surface area contributed by atoms with Crippen LogP contribution in [0.15, 0.2) is 24.3 Å². The largest absolute Gasteiger partial charge is 0.491 e. The molecule has 1 saturated heterocycles. The van der Waals surface area contributed by atoms with Crippen LogP contribution in [0.1, 0.15) is 44.1 Å². The van der Waals surface area contributed by atoms with Gasteiger partial charge in [0.15, 0.2) is 0 Å². The van der Waals surface area contributed by atoms with Crippen molar-refractivity contribution in [3.8, 4) is 5.75 Å². The number of nitrogens with zero attached hydrogens (tertiary/aromatic N) is 2. The first-order chi connectivity index (χ1) is 13.6. The van der Waals surface area contributed by atoms with Crippen molar-refractivity contribution < 1.29 is 9.84 Å². The highest BCUT2D eigenvalue weighted by molar-refractivity contribution is 5.26. The molecular weight excluding hydrogens is 348 g/mol. The van der Waals surface area contributed by atoms with Crippen LogP contribution < -0.4 is 4.74 Å². The van der Waals surface area contributed by atoms with Crippen molar-refractivity contribution in [1.82, 2.24) is 9.80 Å². The molecule has 28 heavy (non-hydrogen) atoms. The van der Waals surface area contributed by atoms with E-state index in [9.17, 15) is 5.11 Å². The Bertz CT molecular complexity index is 630. The maximum atomic E-state index is 10.4. The molecule has 1 aromatic rings. The Kier molecular flexibility index (Phi) is 5.14. The predicted molar refractivity (Wildman–Crippen MR) is 112 cm³/mol. The van der Waals surface area contributed by atoms with Gasteiger partial charge in [0, 0.05) is 38.3 Å². The number of hydrogen-bond acceptors (Lipinski definition) is 4. The molecule has 1 N–H and O–H groups in total. The lowest BCUT2D eigenvalue weighted by atomic mass is 9.52. The molecule has 4 saturated carbocycles. The Labute approximate surface area is 169 Å². The summed E-state index contributed by atoms with van der Waals surface area (Å²) in [5.74, 6) is 3.90. The Balaban J connectivity index is 1.09. The molecule has 4 aliphatic carbocycles. The summed E-state index contributed by atoms with van der Waals surface area (Å²) in [6, 6.07) is 8.05. The maximum Gasteiger partial charge on any atom is 0.119 e. The van der Waals surface area contributed by atoms with Gasteiger partial charge in [-0.2, -0.15) is 0 Å². The fourth-order valence-electron chi connectivity index (χ4n) is 7.03. The number of aliphatic hydroxyl groups excluding tert-OH is 1. The minimum Gasteiger partial charge on any atom is -0.491 e. The highest BCUT2D eigenvalue weighted by Gasteiger charge is 2.53. The SMILES string of the molecule is Cc1ccc(OCC(O)CN2CCN(C34CC5CC(CC(C5)C3)C4)CC2)cc1. The molecule has 1 aromatic carbocycles. The van der Waals surface area contributed by atoms with E-state index in [1.165, 1.54) is 57.2 Å². The number of benzene rings is 1. The molecule has 0 radical (unpaired) electrons. The van der Waals surface area contributed by atoms with Gasteiger partial charge in [-0.25, -0.2) is 0 Å². The topological polar surface area (TPSA) is 35.9 Å². The Morgan fingerprint density at radius 2 is 1.54 bits per heavy atom. The van der Waals surface area contributed by atoms with E-state index in [1.54, 1.807) is 0 Å². The molecule has 0 spiro atoms. The fourth-order valence-corrected chi connectivity index (χ4v) is 7.03. The van der Waals surface area contributed by atoms with Gasteiger partial charge in [0.25, 0.3) is 0 Å². The van der Waals surface area contributed by atoms with Crippen LogP contribution >= 0.6 is 0 Å². The summed E-state index contributed by atoms with van der Waals surface area (Å²) in [7, 11) is 0. The Morgan fingerprint density at radius 1 is 0.964 bits per heavy atom. The predicted octanol–water partition coefficient (Wildman–Crippen LogP) is 3.32. The van der Waals surface area contributed by atoms with Crippen LogP contribution in [0.25, 0.3) is 0 Å². The average molecular weight is 385 g/mol. The third-order valence-corrected chi connectivity index (χ3v) is 7.98. The lowest BCUT2D eigenvalue weighted by Crippen LogP contribution is -2.64. The van der Waals surface area contributed by atoms with Gasteiger partial charge < -0.3 is 9.84 Å². The first kappa shape index (κ1) is 18.9. The summed E-state index contributed by atoms with van der Waals surface area (Å²) in [5.41, 5.74) is 1.76. The second kappa shape index (κ2) is 7.62. The average Bonchev–Trinajstić information content (AvgIpc) is 2.67. The third kappa shape index (κ3) is 3.83. The van der Waals surface area contributed by atoms with Crippen molar-refractivity contribution in [2.45, 2.75) is 57.1 Å². The number of piperazine rings is 1. The minimum atomic E-state index is -0.424. The van der Waals surface area contributed by atoms with Crippen molar-refractivity contribution >= 4 is 0 Å². The molecule has 0 aromatic heterocycles. The Morgan fingerprint density at radius 3 is 2.11 bits per heavy atom. The van der Waals surface area contributed by atoms with E-state index in [1.807, 2.05) is 24.3 Å². The van der Waals surface area contributed by atoms with Crippen LogP contribution in [0.4, 0.5) is 0 Å². The van der Waals surface area contributed by atoms with Gasteiger partial charge in [0.05, 0.1) is 0 Å². The third-order valence-electron chi connectivity index (χ3n) is 7.98. The molecule has 154 valence electrons. The fraction of sp³-hybridized carbons (Fsp3) is 0.750. The van der Waals surface area contributed by atoms with Crippen molar-refractivity contribution in [3.63, 3.8) is 0 Å². The molecule has 5 aliphatic rings. The van der Waals surface area contributed by atoms with Crippen molar-refractivity contribution in [2.75, 3.05) is 39.3 Å². The molecule has 4 nitrogen and oxygen atoms in total. The van der Waals surface area contributed by atoms with E-state index in [0.717, 1.165) is 43.1 Å². The highest BCUT2D eigenvalue weighted by Crippen LogP contribution is 2.57. The van der Waals surface area contributed by atoms with E-state index in [2.05, 4.69) is 16.7 Å². The lowest BCUT2D eigenvalue weighted by molar-refractivity contribution is -0.103. The molecule has 4 heteroatoms. The van der Waals surface area contributed by atoms with E-state index < -0.39 is 6.10 Å². The van der Waals surface area contributed by atoms with E-state index in [-0.39, 0.29) is 0 Å². The number of hydrogen-bond donors (Lipinski definition) is 1. The second-order valence-electron chi connectivity index (χ2n) is 10.2. The number of aliphatic hydroxyl groups is 1. The first-order valence-corrected chi connectivity index (χ1v) is 11.4. The minimum absolute atomic E-state index is 0.373. The van der Waals surface area contributed by atoms with Crippen LogP contribution in [0.2, 0.25) is 0 Å². The van der Waals surface area contributed by atoms with Crippen molar-refractivity contribution in [2.24, 2.45) is 17.8 Å². The zero-order valence-corrected chi connectivity index (χ0v) is 17.4. The van der Waals surface area contributed by atoms with E-state index in [0.29, 0.717) is 12.1 Å². The summed E-state index contributed by atoms with van der Waals surface area (Å²) in [6.07, 6.45) is 8.53. The molecule has 6 rings (SSSR count). The molecule has 1 unspecified atom stereocenters. The maximum absolute atomic E-state index is 10.4. The normalized spacial score (nSPS) is 36.6. The van der Waals surface area contributed by atoms with Gasteiger partial charge in [0.2, 0.25) is 0 Å². The van der Waals surface area contributed by atoms with Gasteiger partial charge in [-0.3, -0.25) is 9.80 Å². The molecule has 1 heterocycles. The summed E-state index contributed by atoms with van der Waals surface area (Å²) in [6.45, 7) is 7.70. The van der Waals surface area contributed by atoms with Crippen LogP contribution in [0, 0.1) is 24.7 Å². The molecule has 1 atom stereocenters. The Hall–Kier alpha value is -1.10. The lowest BCUT2D eigenvalue weighted by Gasteiger charge is -2.61. The molecule has 4 bridgehead atoms.